The highest BCUT2D eigenvalue weighted by Gasteiger charge is 2.20. The molecule has 1 aliphatic carbocycles. The molecule has 0 aromatic rings. The lowest BCUT2D eigenvalue weighted by Crippen LogP contribution is -1.97. The molecule has 0 aromatic heterocycles. The lowest BCUT2D eigenvalue weighted by atomic mass is 10.1. The molecule has 1 atom stereocenters. The number of ketones is 1. The van der Waals surface area contributed by atoms with E-state index in [1.54, 1.807) is 0 Å². The number of rotatable bonds is 2. The molecule has 1 N–H and O–H groups in total. The molecule has 52 valence electrons. The van der Waals surface area contributed by atoms with Crippen molar-refractivity contribution >= 4 is 5.78 Å². The Kier molecular flexibility index (Phi) is 2.22. The first kappa shape index (κ1) is 6.75. The van der Waals surface area contributed by atoms with Gasteiger partial charge in [-0.3, -0.25) is 4.79 Å². The van der Waals surface area contributed by atoms with Crippen LogP contribution in [0.2, 0.25) is 0 Å². The predicted octanol–water partition coefficient (Wildman–Crippen LogP) is 0.738. The van der Waals surface area contributed by atoms with Gasteiger partial charge in [-0.2, -0.15) is 0 Å². The van der Waals surface area contributed by atoms with Gasteiger partial charge in [-0.1, -0.05) is 0 Å². The van der Waals surface area contributed by atoms with Gasteiger partial charge in [-0.15, -0.1) is 0 Å². The SMILES string of the molecule is O=C1CC[C@@H](CCO)C1. The lowest BCUT2D eigenvalue weighted by molar-refractivity contribution is -0.117. The van der Waals surface area contributed by atoms with Gasteiger partial charge in [-0.25, -0.2) is 0 Å². The van der Waals surface area contributed by atoms with Gasteiger partial charge < -0.3 is 5.11 Å². The highest BCUT2D eigenvalue weighted by molar-refractivity contribution is 5.80. The Bertz CT molecular complexity index is 109. The molecule has 2 nitrogen and oxygen atoms in total. The zero-order valence-corrected chi connectivity index (χ0v) is 5.47. The van der Waals surface area contributed by atoms with Crippen molar-refractivity contribution in [1.82, 2.24) is 0 Å². The van der Waals surface area contributed by atoms with E-state index >= 15 is 0 Å². The molecule has 1 saturated carbocycles. The number of carbonyl (C=O) groups is 1. The average Bonchev–Trinajstić information content (AvgIpc) is 2.17. The van der Waals surface area contributed by atoms with E-state index in [2.05, 4.69) is 0 Å². The Balaban J connectivity index is 2.22. The van der Waals surface area contributed by atoms with Crippen LogP contribution in [0.5, 0.6) is 0 Å². The van der Waals surface area contributed by atoms with Crippen LogP contribution in [0.25, 0.3) is 0 Å². The maximum atomic E-state index is 10.6. The van der Waals surface area contributed by atoms with Crippen LogP contribution in [0, 0.1) is 5.92 Å². The van der Waals surface area contributed by atoms with Gasteiger partial charge in [0.2, 0.25) is 0 Å². The zero-order chi connectivity index (χ0) is 6.69. The first-order valence-corrected chi connectivity index (χ1v) is 3.45. The van der Waals surface area contributed by atoms with Crippen LogP contribution in [-0.2, 0) is 4.79 Å². The molecule has 1 rings (SSSR count). The van der Waals surface area contributed by atoms with E-state index in [0.717, 1.165) is 19.3 Å². The molecule has 0 spiro atoms. The van der Waals surface area contributed by atoms with Crippen molar-refractivity contribution < 1.29 is 9.90 Å². The molecule has 0 saturated heterocycles. The summed E-state index contributed by atoms with van der Waals surface area (Å²) < 4.78 is 0. The minimum atomic E-state index is 0.234. The quantitative estimate of drug-likeness (QED) is 0.595. The monoisotopic (exact) mass is 128 g/mol. The summed E-state index contributed by atoms with van der Waals surface area (Å²) in [6.07, 6.45) is 3.26. The molecule has 0 bridgehead atoms. The number of aliphatic hydroxyl groups is 1. The van der Waals surface area contributed by atoms with Crippen molar-refractivity contribution in [3.8, 4) is 0 Å². The van der Waals surface area contributed by atoms with Crippen molar-refractivity contribution in [2.75, 3.05) is 6.61 Å². The van der Waals surface area contributed by atoms with Crippen molar-refractivity contribution in [3.63, 3.8) is 0 Å². The normalized spacial score (nSPS) is 27.2. The summed E-state index contributed by atoms with van der Waals surface area (Å²) in [7, 11) is 0. The Morgan fingerprint density at radius 1 is 1.67 bits per heavy atom. The summed E-state index contributed by atoms with van der Waals surface area (Å²) in [5, 5.41) is 8.50. The second-order valence-corrected chi connectivity index (χ2v) is 2.66. The van der Waals surface area contributed by atoms with Crippen molar-refractivity contribution in [2.24, 2.45) is 5.92 Å². The Morgan fingerprint density at radius 2 is 2.44 bits per heavy atom. The summed E-state index contributed by atoms with van der Waals surface area (Å²) in [4.78, 5) is 10.6. The first-order valence-electron chi connectivity index (χ1n) is 3.45. The number of carbonyl (C=O) groups excluding carboxylic acids is 1. The molecule has 0 radical (unpaired) electrons. The van der Waals surface area contributed by atoms with Gasteiger partial charge in [0.25, 0.3) is 0 Å². The number of hydrogen-bond donors (Lipinski definition) is 1. The Morgan fingerprint density at radius 3 is 2.89 bits per heavy atom. The molecule has 9 heavy (non-hydrogen) atoms. The number of hydrogen-bond acceptors (Lipinski definition) is 2. The van der Waals surface area contributed by atoms with Crippen LogP contribution in [-0.4, -0.2) is 17.5 Å². The van der Waals surface area contributed by atoms with E-state index in [-0.39, 0.29) is 6.61 Å². The van der Waals surface area contributed by atoms with E-state index in [1.807, 2.05) is 0 Å². The lowest BCUT2D eigenvalue weighted by Gasteiger charge is -2.01. The van der Waals surface area contributed by atoms with E-state index in [4.69, 9.17) is 5.11 Å². The zero-order valence-electron chi connectivity index (χ0n) is 5.47. The van der Waals surface area contributed by atoms with Crippen LogP contribution in [0.3, 0.4) is 0 Å². The Hall–Kier alpha value is -0.370. The maximum Gasteiger partial charge on any atom is 0.133 e. The van der Waals surface area contributed by atoms with Crippen molar-refractivity contribution in [2.45, 2.75) is 25.7 Å². The van der Waals surface area contributed by atoms with E-state index < -0.39 is 0 Å². The minimum absolute atomic E-state index is 0.234. The highest BCUT2D eigenvalue weighted by atomic mass is 16.3. The third kappa shape index (κ3) is 1.79. The summed E-state index contributed by atoms with van der Waals surface area (Å²) in [5.41, 5.74) is 0. The van der Waals surface area contributed by atoms with Gasteiger partial charge in [0.15, 0.2) is 0 Å². The molecule has 1 fully saturated rings. The standard InChI is InChI=1S/C7H12O2/c8-4-3-6-1-2-7(9)5-6/h6,8H,1-5H2/t6-/m0/s1. The third-order valence-electron chi connectivity index (χ3n) is 1.89. The molecule has 0 aromatic carbocycles. The fraction of sp³-hybridized carbons (Fsp3) is 0.857. The fourth-order valence-corrected chi connectivity index (χ4v) is 1.32. The largest absolute Gasteiger partial charge is 0.396 e. The predicted molar refractivity (Wildman–Crippen MR) is 34.1 cm³/mol. The third-order valence-corrected chi connectivity index (χ3v) is 1.89. The van der Waals surface area contributed by atoms with Crippen LogP contribution < -0.4 is 0 Å². The number of aliphatic hydroxyl groups excluding tert-OH is 1. The molecule has 1 aliphatic rings. The second-order valence-electron chi connectivity index (χ2n) is 2.66. The van der Waals surface area contributed by atoms with Crippen molar-refractivity contribution in [3.05, 3.63) is 0 Å². The summed E-state index contributed by atoms with van der Waals surface area (Å²) in [5.74, 6) is 0.857. The smallest absolute Gasteiger partial charge is 0.133 e. The van der Waals surface area contributed by atoms with Crippen LogP contribution in [0.4, 0.5) is 0 Å². The van der Waals surface area contributed by atoms with Gasteiger partial charge in [0, 0.05) is 19.4 Å². The first-order chi connectivity index (χ1) is 4.33. The van der Waals surface area contributed by atoms with Gasteiger partial charge in [-0.05, 0) is 18.8 Å². The maximum absolute atomic E-state index is 10.6. The van der Waals surface area contributed by atoms with E-state index in [0.29, 0.717) is 18.1 Å². The minimum Gasteiger partial charge on any atom is -0.396 e. The van der Waals surface area contributed by atoms with Crippen molar-refractivity contribution in [1.29, 1.82) is 0 Å². The van der Waals surface area contributed by atoms with Crippen LogP contribution in [0.1, 0.15) is 25.7 Å². The highest BCUT2D eigenvalue weighted by Crippen LogP contribution is 2.24. The second kappa shape index (κ2) is 2.97. The van der Waals surface area contributed by atoms with Gasteiger partial charge >= 0.3 is 0 Å². The topological polar surface area (TPSA) is 37.3 Å². The van der Waals surface area contributed by atoms with Crippen LogP contribution >= 0.6 is 0 Å². The van der Waals surface area contributed by atoms with E-state index in [1.165, 1.54) is 0 Å². The molecular weight excluding hydrogens is 116 g/mol. The van der Waals surface area contributed by atoms with Gasteiger partial charge in [0.1, 0.15) is 5.78 Å². The molecule has 0 unspecified atom stereocenters. The molecule has 0 heterocycles. The Labute approximate surface area is 54.9 Å². The van der Waals surface area contributed by atoms with Gasteiger partial charge in [0.05, 0.1) is 0 Å². The fourth-order valence-electron chi connectivity index (χ4n) is 1.32. The molecule has 2 heteroatoms. The number of Topliss-reactive ketones (excluding diaryl/α,β-unsaturated/α-hetero) is 1. The van der Waals surface area contributed by atoms with Crippen LogP contribution in [0.15, 0.2) is 0 Å². The molecule has 0 amide bonds. The molecule has 0 aliphatic heterocycles. The summed E-state index contributed by atoms with van der Waals surface area (Å²) in [6.45, 7) is 0.234. The van der Waals surface area contributed by atoms with E-state index in [9.17, 15) is 4.79 Å². The average molecular weight is 128 g/mol. The summed E-state index contributed by atoms with van der Waals surface area (Å²) >= 11 is 0. The molecular formula is C7H12O2. The summed E-state index contributed by atoms with van der Waals surface area (Å²) in [6, 6.07) is 0.